The van der Waals surface area contributed by atoms with Crippen molar-refractivity contribution in [3.63, 3.8) is 0 Å². The molecular weight excluding hydrogens is 208 g/mol. The van der Waals surface area contributed by atoms with Crippen LogP contribution in [0.1, 0.15) is 31.7 Å². The van der Waals surface area contributed by atoms with Crippen LogP contribution in [0.2, 0.25) is 0 Å². The first-order valence-corrected chi connectivity index (χ1v) is 5.52. The van der Waals surface area contributed by atoms with Crippen molar-refractivity contribution in [1.29, 1.82) is 0 Å². The van der Waals surface area contributed by atoms with Gasteiger partial charge < -0.3 is 5.32 Å². The summed E-state index contributed by atoms with van der Waals surface area (Å²) in [5, 5.41) is 2.73. The van der Waals surface area contributed by atoms with E-state index >= 15 is 0 Å². The zero-order valence-electron chi connectivity index (χ0n) is 9.56. The standard InChI is InChI=1S/C10H16N4O2/c1-11-8-12-9(15)14(10(16)13(8)2)7-5-3-4-6-7/h7H,3-6H2,1-2H3,(H,11,12,15). The van der Waals surface area contributed by atoms with Crippen molar-refractivity contribution in [2.24, 2.45) is 7.05 Å². The molecule has 1 aliphatic rings. The lowest BCUT2D eigenvalue weighted by Gasteiger charge is -2.14. The summed E-state index contributed by atoms with van der Waals surface area (Å²) in [6.45, 7) is 0. The van der Waals surface area contributed by atoms with E-state index in [9.17, 15) is 9.59 Å². The van der Waals surface area contributed by atoms with Crippen molar-refractivity contribution in [2.75, 3.05) is 12.4 Å². The number of nitrogens with one attached hydrogen (secondary N) is 1. The molecule has 0 radical (unpaired) electrons. The van der Waals surface area contributed by atoms with Crippen molar-refractivity contribution in [2.45, 2.75) is 31.7 Å². The van der Waals surface area contributed by atoms with Crippen molar-refractivity contribution in [1.82, 2.24) is 14.1 Å². The van der Waals surface area contributed by atoms with E-state index in [1.54, 1.807) is 14.1 Å². The fourth-order valence-electron chi connectivity index (χ4n) is 2.25. The normalized spacial score (nSPS) is 16.6. The number of rotatable bonds is 2. The van der Waals surface area contributed by atoms with Gasteiger partial charge in [-0.3, -0.25) is 4.57 Å². The van der Waals surface area contributed by atoms with Gasteiger partial charge in [-0.25, -0.2) is 14.2 Å². The van der Waals surface area contributed by atoms with E-state index < -0.39 is 5.69 Å². The molecule has 0 spiro atoms. The first-order chi connectivity index (χ1) is 7.65. The minimum Gasteiger partial charge on any atom is -0.358 e. The van der Waals surface area contributed by atoms with Crippen molar-refractivity contribution in [3.8, 4) is 0 Å². The van der Waals surface area contributed by atoms with Gasteiger partial charge in [0.25, 0.3) is 0 Å². The SMILES string of the molecule is CNc1nc(=O)n(C2CCCC2)c(=O)n1C. The van der Waals surface area contributed by atoms with E-state index in [0.29, 0.717) is 5.95 Å². The van der Waals surface area contributed by atoms with Gasteiger partial charge in [-0.15, -0.1) is 0 Å². The van der Waals surface area contributed by atoms with Gasteiger partial charge in [-0.2, -0.15) is 4.98 Å². The summed E-state index contributed by atoms with van der Waals surface area (Å²) in [4.78, 5) is 27.6. The Morgan fingerprint density at radius 1 is 1.31 bits per heavy atom. The fraction of sp³-hybridized carbons (Fsp3) is 0.700. The Hall–Kier alpha value is -1.59. The second-order valence-electron chi connectivity index (χ2n) is 4.12. The van der Waals surface area contributed by atoms with Gasteiger partial charge in [0.05, 0.1) is 0 Å². The van der Waals surface area contributed by atoms with E-state index in [4.69, 9.17) is 0 Å². The third-order valence-corrected chi connectivity index (χ3v) is 3.13. The molecule has 16 heavy (non-hydrogen) atoms. The number of anilines is 1. The second kappa shape index (κ2) is 4.11. The van der Waals surface area contributed by atoms with Crippen LogP contribution in [-0.2, 0) is 7.05 Å². The van der Waals surface area contributed by atoms with E-state index in [-0.39, 0.29) is 11.7 Å². The summed E-state index contributed by atoms with van der Waals surface area (Å²) in [5.74, 6) is 0.309. The van der Waals surface area contributed by atoms with Crippen LogP contribution in [0.5, 0.6) is 0 Å². The summed E-state index contributed by atoms with van der Waals surface area (Å²) in [7, 11) is 3.26. The third kappa shape index (κ3) is 1.64. The lowest BCUT2D eigenvalue weighted by Crippen LogP contribution is -2.43. The molecule has 0 aliphatic heterocycles. The molecule has 2 rings (SSSR count). The number of aromatic nitrogens is 3. The minimum atomic E-state index is -0.445. The summed E-state index contributed by atoms with van der Waals surface area (Å²) < 4.78 is 2.66. The first-order valence-electron chi connectivity index (χ1n) is 5.52. The van der Waals surface area contributed by atoms with Gasteiger partial charge in [0, 0.05) is 20.1 Å². The lowest BCUT2D eigenvalue weighted by molar-refractivity contribution is 0.452. The maximum Gasteiger partial charge on any atom is 0.355 e. The van der Waals surface area contributed by atoms with E-state index in [2.05, 4.69) is 10.3 Å². The predicted octanol–water partition coefficient (Wildman–Crippen LogP) is 0.0988. The van der Waals surface area contributed by atoms with Crippen molar-refractivity contribution in [3.05, 3.63) is 21.0 Å². The topological polar surface area (TPSA) is 68.9 Å². The Kier molecular flexibility index (Phi) is 2.80. The average Bonchev–Trinajstić information content (AvgIpc) is 2.77. The number of nitrogens with zero attached hydrogens (tertiary/aromatic N) is 3. The molecule has 0 atom stereocenters. The molecule has 1 aromatic heterocycles. The van der Waals surface area contributed by atoms with Crippen LogP contribution in [0.15, 0.2) is 9.59 Å². The van der Waals surface area contributed by atoms with Crippen LogP contribution in [0.25, 0.3) is 0 Å². The smallest absolute Gasteiger partial charge is 0.355 e. The van der Waals surface area contributed by atoms with Crippen molar-refractivity contribution < 1.29 is 0 Å². The van der Waals surface area contributed by atoms with E-state index in [1.165, 1.54) is 9.13 Å². The molecule has 1 aliphatic carbocycles. The quantitative estimate of drug-likeness (QED) is 0.773. The van der Waals surface area contributed by atoms with E-state index in [0.717, 1.165) is 25.7 Å². The van der Waals surface area contributed by atoms with Crippen LogP contribution in [0, 0.1) is 0 Å². The predicted molar refractivity (Wildman–Crippen MR) is 60.8 cm³/mol. The molecule has 6 nitrogen and oxygen atoms in total. The molecule has 1 N–H and O–H groups in total. The molecule has 0 saturated heterocycles. The Labute approximate surface area is 92.9 Å². The summed E-state index contributed by atoms with van der Waals surface area (Å²) in [5.41, 5.74) is -0.726. The Bertz CT molecular complexity index is 497. The molecule has 1 fully saturated rings. The van der Waals surface area contributed by atoms with Gasteiger partial charge in [-0.05, 0) is 12.8 Å². The summed E-state index contributed by atoms with van der Waals surface area (Å²) >= 11 is 0. The summed E-state index contributed by atoms with van der Waals surface area (Å²) in [6, 6.07) is 0.0320. The van der Waals surface area contributed by atoms with Crippen LogP contribution >= 0.6 is 0 Å². The molecule has 0 bridgehead atoms. The zero-order valence-corrected chi connectivity index (χ0v) is 9.56. The molecule has 1 aromatic rings. The molecule has 0 aromatic carbocycles. The molecule has 6 heteroatoms. The largest absolute Gasteiger partial charge is 0.358 e. The molecular formula is C10H16N4O2. The average molecular weight is 224 g/mol. The van der Waals surface area contributed by atoms with Crippen LogP contribution in [-0.4, -0.2) is 21.2 Å². The lowest BCUT2D eigenvalue weighted by atomic mass is 10.2. The van der Waals surface area contributed by atoms with Crippen LogP contribution in [0.3, 0.4) is 0 Å². The Morgan fingerprint density at radius 3 is 2.50 bits per heavy atom. The second-order valence-corrected chi connectivity index (χ2v) is 4.12. The van der Waals surface area contributed by atoms with Gasteiger partial charge in [0.15, 0.2) is 0 Å². The Morgan fingerprint density at radius 2 is 1.94 bits per heavy atom. The monoisotopic (exact) mass is 224 g/mol. The highest BCUT2D eigenvalue weighted by atomic mass is 16.2. The highest BCUT2D eigenvalue weighted by Gasteiger charge is 2.22. The molecule has 0 amide bonds. The van der Waals surface area contributed by atoms with Gasteiger partial charge in [0.2, 0.25) is 5.95 Å². The number of hydrogen-bond acceptors (Lipinski definition) is 4. The molecule has 1 saturated carbocycles. The first kappa shape index (κ1) is 10.9. The highest BCUT2D eigenvalue weighted by Crippen LogP contribution is 2.26. The highest BCUT2D eigenvalue weighted by molar-refractivity contribution is 5.21. The Balaban J connectivity index is 2.58. The molecule has 88 valence electrons. The number of hydrogen-bond donors (Lipinski definition) is 1. The third-order valence-electron chi connectivity index (χ3n) is 3.13. The minimum absolute atomic E-state index is 0.0320. The zero-order chi connectivity index (χ0) is 11.7. The molecule has 0 unspecified atom stereocenters. The van der Waals surface area contributed by atoms with Crippen LogP contribution < -0.4 is 16.7 Å². The van der Waals surface area contributed by atoms with Gasteiger partial charge in [0.1, 0.15) is 0 Å². The fourth-order valence-corrected chi connectivity index (χ4v) is 2.25. The maximum atomic E-state index is 12.0. The maximum absolute atomic E-state index is 12.0. The van der Waals surface area contributed by atoms with Crippen LogP contribution in [0.4, 0.5) is 5.95 Å². The summed E-state index contributed by atoms with van der Waals surface area (Å²) in [6.07, 6.45) is 3.95. The van der Waals surface area contributed by atoms with Crippen molar-refractivity contribution >= 4 is 5.95 Å². The van der Waals surface area contributed by atoms with E-state index in [1.807, 2.05) is 0 Å². The van der Waals surface area contributed by atoms with Gasteiger partial charge in [-0.1, -0.05) is 12.8 Å². The molecule has 1 heterocycles. The van der Waals surface area contributed by atoms with Gasteiger partial charge >= 0.3 is 11.4 Å².